The Hall–Kier alpha value is -3.29. The molecule has 1 aliphatic heterocycles. The molecule has 0 saturated carbocycles. The van der Waals surface area contributed by atoms with E-state index in [0.29, 0.717) is 36.9 Å². The maximum Gasteiger partial charge on any atom is 0.296 e. The van der Waals surface area contributed by atoms with Crippen molar-refractivity contribution in [3.63, 3.8) is 0 Å². The largest absolute Gasteiger partial charge is 0.489 e. The summed E-state index contributed by atoms with van der Waals surface area (Å²) in [4.78, 5) is 23.3. The number of rotatable bonds is 5. The summed E-state index contributed by atoms with van der Waals surface area (Å²) in [5.74, 6) is 0.696. The van der Waals surface area contributed by atoms with Gasteiger partial charge in [0.25, 0.3) is 11.6 Å². The Kier molecular flexibility index (Phi) is 5.44. The lowest BCUT2D eigenvalue weighted by molar-refractivity contribution is -0.384. The molecule has 1 heterocycles. The highest BCUT2D eigenvalue weighted by molar-refractivity contribution is 5.96. The predicted octanol–water partition coefficient (Wildman–Crippen LogP) is 3.47. The van der Waals surface area contributed by atoms with Gasteiger partial charge in [-0.1, -0.05) is 12.1 Å². The number of carbonyl (C=O) groups excluding carboxylic acids is 1. The molecule has 8 nitrogen and oxygen atoms in total. The quantitative estimate of drug-likeness (QED) is 0.637. The van der Waals surface area contributed by atoms with E-state index >= 15 is 0 Å². The average Bonchev–Trinajstić information content (AvgIpc) is 2.85. The van der Waals surface area contributed by atoms with Gasteiger partial charge in [0.05, 0.1) is 24.2 Å². The molecule has 2 aromatic carbocycles. The topological polar surface area (TPSA) is 99.9 Å². The Labute approximate surface area is 156 Å². The SMILES string of the molecule is Cc1cccc(O[C@@H](C)C(=O)Nc2cc3c(cc2[N+](=O)[O-])OCCCO3)c1. The van der Waals surface area contributed by atoms with E-state index in [9.17, 15) is 14.9 Å². The first-order valence-electron chi connectivity index (χ1n) is 8.56. The van der Waals surface area contributed by atoms with Crippen LogP contribution in [0.5, 0.6) is 17.2 Å². The second-order valence-electron chi connectivity index (χ2n) is 6.19. The first-order chi connectivity index (χ1) is 12.9. The van der Waals surface area contributed by atoms with Gasteiger partial charge < -0.3 is 19.5 Å². The normalized spacial score (nSPS) is 14.0. The number of nitrogens with zero attached hydrogens (tertiary/aromatic N) is 1. The van der Waals surface area contributed by atoms with Gasteiger partial charge in [-0.3, -0.25) is 14.9 Å². The lowest BCUT2D eigenvalue weighted by atomic mass is 10.2. The first kappa shape index (κ1) is 18.5. The minimum Gasteiger partial charge on any atom is -0.489 e. The summed E-state index contributed by atoms with van der Waals surface area (Å²) < 4.78 is 16.6. The van der Waals surface area contributed by atoms with Crippen molar-refractivity contribution < 1.29 is 23.9 Å². The van der Waals surface area contributed by atoms with Crippen molar-refractivity contribution in [2.75, 3.05) is 18.5 Å². The molecule has 0 unspecified atom stereocenters. The minimum atomic E-state index is -0.845. The number of nitro groups is 1. The Morgan fingerprint density at radius 1 is 1.22 bits per heavy atom. The second kappa shape index (κ2) is 7.94. The van der Waals surface area contributed by atoms with Crippen LogP contribution in [-0.4, -0.2) is 30.1 Å². The van der Waals surface area contributed by atoms with E-state index in [1.54, 1.807) is 19.1 Å². The van der Waals surface area contributed by atoms with Crippen LogP contribution in [0.25, 0.3) is 0 Å². The number of fused-ring (bicyclic) bond motifs is 1. The number of nitro benzene ring substituents is 1. The maximum absolute atomic E-state index is 12.5. The van der Waals surface area contributed by atoms with Gasteiger partial charge in [0.2, 0.25) is 0 Å². The van der Waals surface area contributed by atoms with Crippen molar-refractivity contribution in [2.45, 2.75) is 26.4 Å². The fourth-order valence-electron chi connectivity index (χ4n) is 2.63. The summed E-state index contributed by atoms with van der Waals surface area (Å²) in [6.07, 6.45) is -0.173. The van der Waals surface area contributed by atoms with Crippen molar-refractivity contribution >= 4 is 17.3 Å². The molecule has 1 amide bonds. The number of nitrogens with one attached hydrogen (secondary N) is 1. The van der Waals surface area contributed by atoms with Crippen LogP contribution in [0.1, 0.15) is 18.9 Å². The van der Waals surface area contributed by atoms with Crippen LogP contribution in [0.4, 0.5) is 11.4 Å². The van der Waals surface area contributed by atoms with Crippen molar-refractivity contribution in [1.29, 1.82) is 0 Å². The van der Waals surface area contributed by atoms with E-state index in [-0.39, 0.29) is 11.4 Å². The highest BCUT2D eigenvalue weighted by Gasteiger charge is 2.25. The third-order valence-corrected chi connectivity index (χ3v) is 3.99. The number of benzene rings is 2. The van der Waals surface area contributed by atoms with Gasteiger partial charge in [0.15, 0.2) is 17.6 Å². The van der Waals surface area contributed by atoms with Crippen LogP contribution in [-0.2, 0) is 4.79 Å². The van der Waals surface area contributed by atoms with Crippen LogP contribution in [0.3, 0.4) is 0 Å². The monoisotopic (exact) mass is 372 g/mol. The summed E-state index contributed by atoms with van der Waals surface area (Å²) in [5, 5.41) is 14.0. The molecule has 1 aliphatic rings. The molecule has 8 heteroatoms. The van der Waals surface area contributed by atoms with Gasteiger partial charge in [-0.2, -0.15) is 0 Å². The fourth-order valence-corrected chi connectivity index (χ4v) is 2.63. The molecular weight excluding hydrogens is 352 g/mol. The van der Waals surface area contributed by atoms with E-state index in [0.717, 1.165) is 5.56 Å². The van der Waals surface area contributed by atoms with Crippen LogP contribution in [0, 0.1) is 17.0 Å². The van der Waals surface area contributed by atoms with Crippen molar-refractivity contribution in [3.05, 3.63) is 52.1 Å². The first-order valence-corrected chi connectivity index (χ1v) is 8.56. The maximum atomic E-state index is 12.5. The minimum absolute atomic E-state index is 0.0361. The van der Waals surface area contributed by atoms with Gasteiger partial charge in [-0.15, -0.1) is 0 Å². The molecule has 0 aliphatic carbocycles. The molecule has 0 radical (unpaired) electrons. The van der Waals surface area contributed by atoms with E-state index in [1.807, 2.05) is 19.1 Å². The predicted molar refractivity (Wildman–Crippen MR) is 98.6 cm³/mol. The highest BCUT2D eigenvalue weighted by atomic mass is 16.6. The van der Waals surface area contributed by atoms with Crippen molar-refractivity contribution in [3.8, 4) is 17.2 Å². The summed E-state index contributed by atoms with van der Waals surface area (Å²) >= 11 is 0. The average molecular weight is 372 g/mol. The fraction of sp³-hybridized carbons (Fsp3) is 0.316. The van der Waals surface area contributed by atoms with E-state index in [1.165, 1.54) is 12.1 Å². The Bertz CT molecular complexity index is 867. The molecule has 142 valence electrons. The number of amides is 1. The zero-order chi connectivity index (χ0) is 19.4. The highest BCUT2D eigenvalue weighted by Crippen LogP contribution is 2.39. The zero-order valence-electron chi connectivity index (χ0n) is 15.1. The summed E-state index contributed by atoms with van der Waals surface area (Å²) in [6, 6.07) is 9.97. The third-order valence-electron chi connectivity index (χ3n) is 3.99. The van der Waals surface area contributed by atoms with E-state index < -0.39 is 16.9 Å². The number of anilines is 1. The molecular formula is C19H20N2O6. The van der Waals surface area contributed by atoms with Gasteiger partial charge in [0, 0.05) is 12.5 Å². The second-order valence-corrected chi connectivity index (χ2v) is 6.19. The molecule has 1 N–H and O–H groups in total. The third kappa shape index (κ3) is 4.46. The summed E-state index contributed by atoms with van der Waals surface area (Å²) in [6.45, 7) is 4.34. The Balaban J connectivity index is 1.79. The molecule has 1 atom stereocenters. The molecule has 0 bridgehead atoms. The summed E-state index contributed by atoms with van der Waals surface area (Å²) in [7, 11) is 0. The molecule has 0 aromatic heterocycles. The Morgan fingerprint density at radius 3 is 2.59 bits per heavy atom. The molecule has 27 heavy (non-hydrogen) atoms. The summed E-state index contributed by atoms with van der Waals surface area (Å²) in [5.41, 5.74) is 0.767. The molecule has 2 aromatic rings. The van der Waals surface area contributed by atoms with Gasteiger partial charge in [-0.05, 0) is 31.5 Å². The molecule has 3 rings (SSSR count). The van der Waals surface area contributed by atoms with E-state index in [2.05, 4.69) is 5.32 Å². The number of hydrogen-bond donors (Lipinski definition) is 1. The molecule has 0 saturated heterocycles. The molecule has 0 fully saturated rings. The van der Waals surface area contributed by atoms with Crippen LogP contribution < -0.4 is 19.5 Å². The standard InChI is InChI=1S/C19H20N2O6/c1-12-5-3-6-14(9-12)27-13(2)19(22)20-15-10-17-18(11-16(15)21(23)24)26-8-4-7-25-17/h3,5-6,9-11,13H,4,7-8H2,1-2H3,(H,20,22)/t13-/m0/s1. The van der Waals surface area contributed by atoms with Crippen molar-refractivity contribution in [1.82, 2.24) is 0 Å². The molecule has 0 spiro atoms. The lowest BCUT2D eigenvalue weighted by Gasteiger charge is -2.16. The zero-order valence-corrected chi connectivity index (χ0v) is 15.1. The number of aryl methyl sites for hydroxylation is 1. The Morgan fingerprint density at radius 2 is 1.93 bits per heavy atom. The van der Waals surface area contributed by atoms with Gasteiger partial charge in [0.1, 0.15) is 11.4 Å². The van der Waals surface area contributed by atoms with Crippen LogP contribution in [0.15, 0.2) is 36.4 Å². The van der Waals surface area contributed by atoms with Crippen LogP contribution >= 0.6 is 0 Å². The van der Waals surface area contributed by atoms with Crippen molar-refractivity contribution in [2.24, 2.45) is 0 Å². The van der Waals surface area contributed by atoms with Crippen LogP contribution in [0.2, 0.25) is 0 Å². The van der Waals surface area contributed by atoms with Gasteiger partial charge in [-0.25, -0.2) is 0 Å². The smallest absolute Gasteiger partial charge is 0.296 e. The lowest BCUT2D eigenvalue weighted by Crippen LogP contribution is -2.30. The van der Waals surface area contributed by atoms with E-state index in [4.69, 9.17) is 14.2 Å². The number of carbonyl (C=O) groups is 1. The number of ether oxygens (including phenoxy) is 3. The van der Waals surface area contributed by atoms with Gasteiger partial charge >= 0.3 is 0 Å². The number of hydrogen-bond acceptors (Lipinski definition) is 6.